The van der Waals surface area contributed by atoms with E-state index < -0.39 is 5.91 Å². The molecule has 2 aromatic carbocycles. The Bertz CT molecular complexity index is 1430. The van der Waals surface area contributed by atoms with Crippen molar-refractivity contribution in [1.82, 2.24) is 4.90 Å². The molecule has 1 aliphatic heterocycles. The van der Waals surface area contributed by atoms with E-state index in [1.54, 1.807) is 18.2 Å². The van der Waals surface area contributed by atoms with Crippen LogP contribution in [0.5, 0.6) is 0 Å². The minimum atomic E-state index is -0.406. The van der Waals surface area contributed by atoms with E-state index >= 15 is 0 Å². The highest BCUT2D eigenvalue weighted by Crippen LogP contribution is 2.46. The zero-order valence-corrected chi connectivity index (χ0v) is 21.7. The van der Waals surface area contributed by atoms with E-state index in [-0.39, 0.29) is 34.0 Å². The first-order valence-corrected chi connectivity index (χ1v) is 12.4. The molecule has 0 atom stereocenters. The molecule has 0 unspecified atom stereocenters. The van der Waals surface area contributed by atoms with Crippen LogP contribution in [0, 0.1) is 6.92 Å². The second-order valence-electron chi connectivity index (χ2n) is 11.4. The van der Waals surface area contributed by atoms with Gasteiger partial charge in [0.15, 0.2) is 5.76 Å². The lowest BCUT2D eigenvalue weighted by Gasteiger charge is -2.42. The van der Waals surface area contributed by atoms with E-state index in [2.05, 4.69) is 52.1 Å². The SMILES string of the molecule is Cc1cc2c(cc1Cc1ccc(C(=O)Nc3ccc4c(c3)C(=O)N(C)C4=O)o1)C(C)(C)CCC2(C)C. The summed E-state index contributed by atoms with van der Waals surface area (Å²) in [6, 6.07) is 12.9. The van der Waals surface area contributed by atoms with Crippen LogP contribution in [0.4, 0.5) is 5.69 Å². The smallest absolute Gasteiger partial charge is 0.291 e. The number of rotatable bonds is 4. The van der Waals surface area contributed by atoms with E-state index in [1.807, 2.05) is 6.07 Å². The fraction of sp³-hybridized carbons (Fsp3) is 0.367. The molecule has 1 aromatic heterocycles. The van der Waals surface area contributed by atoms with Crippen molar-refractivity contribution in [3.8, 4) is 0 Å². The van der Waals surface area contributed by atoms with Crippen molar-refractivity contribution in [3.63, 3.8) is 0 Å². The molecule has 1 N–H and O–H groups in total. The summed E-state index contributed by atoms with van der Waals surface area (Å²) < 4.78 is 5.92. The van der Waals surface area contributed by atoms with Gasteiger partial charge in [0.1, 0.15) is 5.76 Å². The van der Waals surface area contributed by atoms with Gasteiger partial charge >= 0.3 is 0 Å². The zero-order valence-electron chi connectivity index (χ0n) is 21.7. The van der Waals surface area contributed by atoms with Crippen LogP contribution in [0.2, 0.25) is 0 Å². The molecule has 0 saturated heterocycles. The van der Waals surface area contributed by atoms with Crippen molar-refractivity contribution in [2.24, 2.45) is 0 Å². The Balaban J connectivity index is 1.35. The highest BCUT2D eigenvalue weighted by molar-refractivity contribution is 6.21. The molecule has 3 amide bonds. The van der Waals surface area contributed by atoms with Crippen LogP contribution in [-0.2, 0) is 17.3 Å². The Hall–Kier alpha value is -3.67. The van der Waals surface area contributed by atoms with E-state index in [1.165, 1.54) is 41.8 Å². The van der Waals surface area contributed by atoms with Gasteiger partial charge < -0.3 is 9.73 Å². The normalized spacial score (nSPS) is 17.7. The van der Waals surface area contributed by atoms with Crippen LogP contribution >= 0.6 is 0 Å². The number of aryl methyl sites for hydroxylation is 1. The molecule has 3 aromatic rings. The topological polar surface area (TPSA) is 79.6 Å². The van der Waals surface area contributed by atoms with E-state index in [0.29, 0.717) is 23.4 Å². The highest BCUT2D eigenvalue weighted by Gasteiger charge is 2.37. The van der Waals surface area contributed by atoms with Crippen molar-refractivity contribution in [1.29, 1.82) is 0 Å². The predicted molar refractivity (Wildman–Crippen MR) is 139 cm³/mol. The number of carbonyl (C=O) groups is 3. The third-order valence-electron chi connectivity index (χ3n) is 7.91. The van der Waals surface area contributed by atoms with Gasteiger partial charge in [-0.3, -0.25) is 19.3 Å². The zero-order chi connectivity index (χ0) is 26.0. The first kappa shape index (κ1) is 24.0. The van der Waals surface area contributed by atoms with Gasteiger partial charge in [-0.1, -0.05) is 39.8 Å². The number of furan rings is 1. The maximum absolute atomic E-state index is 12.8. The number of fused-ring (bicyclic) bond motifs is 2. The fourth-order valence-corrected chi connectivity index (χ4v) is 5.37. The summed E-state index contributed by atoms with van der Waals surface area (Å²) in [7, 11) is 1.44. The molecular weight excluding hydrogens is 452 g/mol. The first-order valence-electron chi connectivity index (χ1n) is 12.4. The third-order valence-corrected chi connectivity index (χ3v) is 7.91. The summed E-state index contributed by atoms with van der Waals surface area (Å²) in [6.07, 6.45) is 2.93. The molecule has 0 saturated carbocycles. The van der Waals surface area contributed by atoms with Crippen LogP contribution in [0.1, 0.15) is 99.8 Å². The van der Waals surface area contributed by atoms with E-state index in [9.17, 15) is 14.4 Å². The average Bonchev–Trinajstić information content (AvgIpc) is 3.37. The lowest BCUT2D eigenvalue weighted by molar-refractivity contribution is 0.0692. The maximum Gasteiger partial charge on any atom is 0.291 e. The Kier molecular flexibility index (Phi) is 5.47. The number of hydrogen-bond acceptors (Lipinski definition) is 4. The predicted octanol–water partition coefficient (Wildman–Crippen LogP) is 6.01. The second-order valence-corrected chi connectivity index (χ2v) is 11.4. The number of imide groups is 1. The molecule has 2 aliphatic rings. The summed E-state index contributed by atoms with van der Waals surface area (Å²) in [5.74, 6) is -0.211. The van der Waals surface area contributed by atoms with Gasteiger partial charge in [0.05, 0.1) is 11.1 Å². The number of hydrogen-bond donors (Lipinski definition) is 1. The van der Waals surface area contributed by atoms with E-state index in [0.717, 1.165) is 11.3 Å². The minimum absolute atomic E-state index is 0.123. The number of nitrogens with zero attached hydrogens (tertiary/aromatic N) is 1. The van der Waals surface area contributed by atoms with Crippen molar-refractivity contribution in [2.75, 3.05) is 12.4 Å². The number of amides is 3. The Morgan fingerprint density at radius 2 is 1.56 bits per heavy atom. The molecule has 2 heterocycles. The summed E-state index contributed by atoms with van der Waals surface area (Å²) in [4.78, 5) is 38.3. The fourth-order valence-electron chi connectivity index (χ4n) is 5.37. The highest BCUT2D eigenvalue weighted by atomic mass is 16.3. The number of carbonyl (C=O) groups excluding carboxylic acids is 3. The lowest BCUT2D eigenvalue weighted by Crippen LogP contribution is -2.34. The van der Waals surface area contributed by atoms with Gasteiger partial charge in [-0.25, -0.2) is 0 Å². The molecule has 1 aliphatic carbocycles. The first-order chi connectivity index (χ1) is 16.9. The average molecular weight is 485 g/mol. The van der Waals surface area contributed by atoms with Gasteiger partial charge in [-0.2, -0.15) is 0 Å². The maximum atomic E-state index is 12.8. The Morgan fingerprint density at radius 3 is 2.25 bits per heavy atom. The summed E-state index contributed by atoms with van der Waals surface area (Å²) in [5.41, 5.74) is 6.61. The Labute approximate surface area is 211 Å². The van der Waals surface area contributed by atoms with Gasteiger partial charge in [-0.15, -0.1) is 0 Å². The van der Waals surface area contributed by atoms with Crippen molar-refractivity contribution in [2.45, 2.75) is 64.7 Å². The molecule has 36 heavy (non-hydrogen) atoms. The summed E-state index contributed by atoms with van der Waals surface area (Å²) in [5, 5.41) is 2.77. The lowest BCUT2D eigenvalue weighted by atomic mass is 9.62. The molecule has 0 fully saturated rings. The van der Waals surface area contributed by atoms with Gasteiger partial charge in [-0.05, 0) is 83.2 Å². The molecule has 6 heteroatoms. The largest absolute Gasteiger partial charge is 0.456 e. The third kappa shape index (κ3) is 3.94. The van der Waals surface area contributed by atoms with Crippen LogP contribution in [0.25, 0.3) is 0 Å². The van der Waals surface area contributed by atoms with E-state index in [4.69, 9.17) is 4.42 Å². The van der Waals surface area contributed by atoms with Crippen LogP contribution in [-0.4, -0.2) is 29.7 Å². The minimum Gasteiger partial charge on any atom is -0.456 e. The van der Waals surface area contributed by atoms with Gasteiger partial charge in [0.25, 0.3) is 17.7 Å². The number of nitrogens with one attached hydrogen (secondary N) is 1. The Morgan fingerprint density at radius 1 is 0.917 bits per heavy atom. The van der Waals surface area contributed by atoms with Crippen molar-refractivity contribution >= 4 is 23.4 Å². The van der Waals surface area contributed by atoms with Crippen LogP contribution < -0.4 is 5.32 Å². The quantitative estimate of drug-likeness (QED) is 0.460. The summed E-state index contributed by atoms with van der Waals surface area (Å²) >= 11 is 0. The molecule has 6 nitrogen and oxygen atoms in total. The molecule has 0 bridgehead atoms. The second kappa shape index (κ2) is 8.19. The molecule has 0 spiro atoms. The van der Waals surface area contributed by atoms with Crippen molar-refractivity contribution in [3.05, 3.63) is 87.4 Å². The standard InChI is InChI=1S/C30H32N2O4/c1-17-13-23-24(30(4,5)12-11-29(23,2)3)15-18(17)14-20-8-10-25(36-20)26(33)31-19-7-9-21-22(16-19)28(35)32(6)27(21)34/h7-10,13,15-16H,11-12,14H2,1-6H3,(H,31,33). The number of anilines is 1. The monoisotopic (exact) mass is 484 g/mol. The molecule has 5 rings (SSSR count). The molecule has 0 radical (unpaired) electrons. The molecule has 186 valence electrons. The number of benzene rings is 2. The van der Waals surface area contributed by atoms with Crippen LogP contribution in [0.15, 0.2) is 46.9 Å². The van der Waals surface area contributed by atoms with Crippen LogP contribution in [0.3, 0.4) is 0 Å². The van der Waals surface area contributed by atoms with Gasteiger partial charge in [0, 0.05) is 19.2 Å². The summed E-state index contributed by atoms with van der Waals surface area (Å²) in [6.45, 7) is 11.4. The van der Waals surface area contributed by atoms with Crippen molar-refractivity contribution < 1.29 is 18.8 Å². The molecular formula is C30H32N2O4. The van der Waals surface area contributed by atoms with Gasteiger partial charge in [0.2, 0.25) is 0 Å².